The first-order chi connectivity index (χ1) is 20.4. The standard InChI is InChI=1S/C32H39N5O5/c1-34-11-13-36(14-12-34)27-20-25(41-2)19-26-28(38)21-29(42-30(26)27)31(39)33-23-7-9-24(10-8-23)35-15-17-37(18-16-35)32(40)22-5-3-4-6-22/h7-10,19-22H,3-6,11-18H2,1-2H3,(H,33,39)/p+1. The molecule has 42 heavy (non-hydrogen) atoms. The molecule has 3 heterocycles. The van der Waals surface area contributed by atoms with E-state index in [4.69, 9.17) is 9.15 Å². The Hall–Kier alpha value is -4.05. The summed E-state index contributed by atoms with van der Waals surface area (Å²) in [5.41, 5.74) is 2.68. The van der Waals surface area contributed by atoms with Crippen molar-refractivity contribution in [2.45, 2.75) is 25.7 Å². The SMILES string of the molecule is COc1cc(N2CCN(C)CC2)c2oc(C(O)=[NH+]c3ccc(N4CCN(C(=O)C5CCCC5)CC4)cc3)cc(=O)c2c1. The van der Waals surface area contributed by atoms with Crippen molar-refractivity contribution in [3.05, 3.63) is 58.4 Å². The Balaban J connectivity index is 1.19. The highest BCUT2D eigenvalue weighted by Gasteiger charge is 2.29. The molecule has 222 valence electrons. The second-order valence-corrected chi connectivity index (χ2v) is 11.6. The number of hydrogen-bond donors (Lipinski definition) is 2. The number of piperazine rings is 2. The monoisotopic (exact) mass is 574 g/mol. The molecule has 1 aromatic heterocycles. The van der Waals surface area contributed by atoms with Crippen LogP contribution in [-0.4, -0.2) is 93.2 Å². The number of hydrogen-bond acceptors (Lipinski definition) is 7. The maximum Gasteiger partial charge on any atom is 0.408 e. The first-order valence-corrected chi connectivity index (χ1v) is 15.0. The van der Waals surface area contributed by atoms with Gasteiger partial charge in [0, 0.05) is 88.2 Å². The van der Waals surface area contributed by atoms with Crippen LogP contribution in [0.25, 0.3) is 11.0 Å². The van der Waals surface area contributed by atoms with Gasteiger partial charge < -0.3 is 33.9 Å². The van der Waals surface area contributed by atoms with Gasteiger partial charge in [-0.3, -0.25) is 9.59 Å². The molecule has 2 N–H and O–H groups in total. The summed E-state index contributed by atoms with van der Waals surface area (Å²) in [7, 11) is 3.67. The molecule has 1 amide bonds. The van der Waals surface area contributed by atoms with Crippen LogP contribution in [0.15, 0.2) is 51.7 Å². The summed E-state index contributed by atoms with van der Waals surface area (Å²) in [6.07, 6.45) is 4.41. The highest BCUT2D eigenvalue weighted by Crippen LogP contribution is 2.32. The molecule has 3 aromatic rings. The maximum absolute atomic E-state index is 13.1. The fraction of sp³-hybridized carbons (Fsp3) is 0.469. The molecule has 0 spiro atoms. The normalized spacial score (nSPS) is 19.1. The van der Waals surface area contributed by atoms with Crippen molar-refractivity contribution < 1.29 is 24.0 Å². The zero-order chi connectivity index (χ0) is 29.2. The third-order valence-electron chi connectivity index (χ3n) is 8.89. The Morgan fingerprint density at radius 2 is 1.60 bits per heavy atom. The van der Waals surface area contributed by atoms with Gasteiger partial charge in [-0.05, 0) is 38.1 Å². The number of aliphatic hydroxyl groups excluding tert-OH is 1. The topological polar surface area (TPSA) is 104 Å². The lowest BCUT2D eigenvalue weighted by molar-refractivity contribution is -0.365. The summed E-state index contributed by atoms with van der Waals surface area (Å²) in [6.45, 7) is 6.45. The summed E-state index contributed by atoms with van der Waals surface area (Å²) in [6, 6.07) is 12.6. The van der Waals surface area contributed by atoms with Crippen molar-refractivity contribution in [1.82, 2.24) is 9.80 Å². The van der Waals surface area contributed by atoms with E-state index < -0.39 is 0 Å². The number of rotatable bonds is 6. The zero-order valence-corrected chi connectivity index (χ0v) is 24.5. The number of methoxy groups -OCH3 is 1. The highest BCUT2D eigenvalue weighted by atomic mass is 16.5. The summed E-state index contributed by atoms with van der Waals surface area (Å²) in [4.78, 5) is 37.7. The first kappa shape index (κ1) is 28.1. The van der Waals surface area contributed by atoms with E-state index in [9.17, 15) is 14.7 Å². The number of fused-ring (bicyclic) bond motifs is 1. The predicted octanol–water partition coefficient (Wildman–Crippen LogP) is 2.11. The largest absolute Gasteiger partial charge is 0.497 e. The Labute approximate surface area is 245 Å². The molecule has 10 nitrogen and oxygen atoms in total. The minimum Gasteiger partial charge on any atom is -0.497 e. The van der Waals surface area contributed by atoms with Gasteiger partial charge in [-0.1, -0.05) is 12.8 Å². The van der Waals surface area contributed by atoms with Gasteiger partial charge in [-0.15, -0.1) is 0 Å². The molecule has 3 fully saturated rings. The maximum atomic E-state index is 13.1. The molecule has 1 saturated carbocycles. The fourth-order valence-electron chi connectivity index (χ4n) is 6.30. The lowest BCUT2D eigenvalue weighted by atomic mass is 10.1. The van der Waals surface area contributed by atoms with Crippen LogP contribution in [0.1, 0.15) is 31.4 Å². The number of nitrogens with zero attached hydrogens (tertiary/aromatic N) is 4. The zero-order valence-electron chi connectivity index (χ0n) is 24.5. The predicted molar refractivity (Wildman–Crippen MR) is 163 cm³/mol. The van der Waals surface area contributed by atoms with Gasteiger partial charge >= 0.3 is 5.90 Å². The number of carbonyl (C=O) groups excluding carboxylic acids is 1. The van der Waals surface area contributed by atoms with Crippen LogP contribution in [0.3, 0.4) is 0 Å². The third kappa shape index (κ3) is 5.81. The number of likely N-dealkylation sites (N-methyl/N-ethyl adjacent to an activating group) is 1. The van der Waals surface area contributed by atoms with Crippen molar-refractivity contribution in [3.63, 3.8) is 0 Å². The lowest BCUT2D eigenvalue weighted by Gasteiger charge is -2.37. The van der Waals surface area contributed by atoms with Crippen molar-refractivity contribution in [1.29, 1.82) is 0 Å². The number of nitrogens with one attached hydrogen (secondary N) is 1. The van der Waals surface area contributed by atoms with E-state index in [1.54, 1.807) is 13.2 Å². The van der Waals surface area contributed by atoms with E-state index in [0.29, 0.717) is 28.3 Å². The molecule has 2 saturated heterocycles. The average Bonchev–Trinajstić information content (AvgIpc) is 3.56. The number of benzene rings is 2. The van der Waals surface area contributed by atoms with Gasteiger partial charge in [0.05, 0.1) is 18.2 Å². The molecule has 2 aromatic carbocycles. The van der Waals surface area contributed by atoms with E-state index in [0.717, 1.165) is 76.6 Å². The second-order valence-electron chi connectivity index (χ2n) is 11.6. The van der Waals surface area contributed by atoms with Gasteiger partial charge in [0.25, 0.3) is 0 Å². The van der Waals surface area contributed by atoms with E-state index in [1.807, 2.05) is 35.2 Å². The third-order valence-corrected chi connectivity index (χ3v) is 8.89. The Kier molecular flexibility index (Phi) is 8.06. The molecule has 10 heteroatoms. The smallest absolute Gasteiger partial charge is 0.408 e. The van der Waals surface area contributed by atoms with Crippen molar-refractivity contribution in [2.24, 2.45) is 5.92 Å². The number of ether oxygens (including phenoxy) is 1. The van der Waals surface area contributed by atoms with Gasteiger partial charge in [0.15, 0.2) is 11.0 Å². The van der Waals surface area contributed by atoms with Crippen LogP contribution in [0.2, 0.25) is 0 Å². The molecule has 6 rings (SSSR count). The lowest BCUT2D eigenvalue weighted by Crippen LogP contribution is -2.66. The van der Waals surface area contributed by atoms with Crippen LogP contribution < -0.4 is 25.0 Å². The fourth-order valence-corrected chi connectivity index (χ4v) is 6.30. The molecule has 0 unspecified atom stereocenters. The minimum absolute atomic E-state index is 0.0696. The molecule has 3 aliphatic rings. The van der Waals surface area contributed by atoms with Crippen LogP contribution in [0.5, 0.6) is 5.75 Å². The molecule has 0 bridgehead atoms. The van der Waals surface area contributed by atoms with E-state index in [-0.39, 0.29) is 23.0 Å². The average molecular weight is 575 g/mol. The quantitative estimate of drug-likeness (QED) is 0.341. The Bertz CT molecular complexity index is 1510. The molecule has 0 atom stereocenters. The highest BCUT2D eigenvalue weighted by molar-refractivity contribution is 5.94. The van der Waals surface area contributed by atoms with Crippen molar-refractivity contribution >= 4 is 39.8 Å². The first-order valence-electron chi connectivity index (χ1n) is 15.0. The Morgan fingerprint density at radius 3 is 2.26 bits per heavy atom. The Morgan fingerprint density at radius 1 is 0.929 bits per heavy atom. The number of aliphatic hydroxyl groups is 1. The molecular weight excluding hydrogens is 534 g/mol. The van der Waals surface area contributed by atoms with Gasteiger partial charge in [0.1, 0.15) is 5.75 Å². The van der Waals surface area contributed by atoms with Crippen LogP contribution in [-0.2, 0) is 4.79 Å². The van der Waals surface area contributed by atoms with E-state index in [1.165, 1.54) is 18.9 Å². The van der Waals surface area contributed by atoms with E-state index in [2.05, 4.69) is 26.7 Å². The second kappa shape index (κ2) is 12.1. The summed E-state index contributed by atoms with van der Waals surface area (Å²) in [5, 5.41) is 11.4. The molecule has 0 radical (unpaired) electrons. The van der Waals surface area contributed by atoms with Gasteiger partial charge in [-0.25, -0.2) is 0 Å². The van der Waals surface area contributed by atoms with Crippen LogP contribution in [0.4, 0.5) is 17.1 Å². The number of anilines is 2. The summed E-state index contributed by atoms with van der Waals surface area (Å²) < 4.78 is 11.6. The van der Waals surface area contributed by atoms with Crippen LogP contribution >= 0.6 is 0 Å². The molecular formula is C32H40N5O5+. The number of amides is 1. The molecule has 1 aliphatic carbocycles. The summed E-state index contributed by atoms with van der Waals surface area (Å²) >= 11 is 0. The van der Waals surface area contributed by atoms with Gasteiger partial charge in [-0.2, -0.15) is 4.99 Å². The van der Waals surface area contributed by atoms with Crippen LogP contribution in [0, 0.1) is 5.92 Å². The van der Waals surface area contributed by atoms with Crippen molar-refractivity contribution in [3.8, 4) is 5.75 Å². The number of carbonyl (C=O) groups is 1. The molecule has 2 aliphatic heterocycles. The minimum atomic E-state index is -0.255. The summed E-state index contributed by atoms with van der Waals surface area (Å²) in [5.74, 6) is 0.970. The van der Waals surface area contributed by atoms with Gasteiger partial charge in [0.2, 0.25) is 17.4 Å². The van der Waals surface area contributed by atoms with E-state index >= 15 is 0 Å². The van der Waals surface area contributed by atoms with Crippen molar-refractivity contribution in [2.75, 3.05) is 76.3 Å².